The van der Waals surface area contributed by atoms with Gasteiger partial charge >= 0.3 is 0 Å². The first-order chi connectivity index (χ1) is 16.5. The van der Waals surface area contributed by atoms with E-state index < -0.39 is 10.0 Å². The smallest absolute Gasteiger partial charge is 0.233 e. The highest BCUT2D eigenvalue weighted by Crippen LogP contribution is 2.31. The molecule has 0 fully saturated rings. The number of aromatic nitrogens is 4. The third-order valence-corrected chi connectivity index (χ3v) is 5.88. The van der Waals surface area contributed by atoms with Crippen LogP contribution in [-0.4, -0.2) is 55.6 Å². The average molecular weight is 482 g/mol. The SMILES string of the molecule is COc1ccc(-c2nnc3ccc(OCCNS(=O)(=O)/C=C/c4ccccc4)nn23)cc1OC. The van der Waals surface area contributed by atoms with E-state index in [-0.39, 0.29) is 13.2 Å². The van der Waals surface area contributed by atoms with Crippen LogP contribution in [0.15, 0.2) is 66.1 Å². The highest BCUT2D eigenvalue weighted by atomic mass is 32.2. The fourth-order valence-corrected chi connectivity index (χ4v) is 3.92. The minimum atomic E-state index is -3.59. The van der Waals surface area contributed by atoms with Crippen molar-refractivity contribution in [3.8, 4) is 28.8 Å². The van der Waals surface area contributed by atoms with Crippen LogP contribution in [0.4, 0.5) is 0 Å². The molecular formula is C23H23N5O5S. The third-order valence-electron chi connectivity index (χ3n) is 4.77. The summed E-state index contributed by atoms with van der Waals surface area (Å²) in [6.07, 6.45) is 1.53. The quantitative estimate of drug-likeness (QED) is 0.344. The monoisotopic (exact) mass is 481 g/mol. The second-order valence-electron chi connectivity index (χ2n) is 7.04. The summed E-state index contributed by atoms with van der Waals surface area (Å²) in [5, 5.41) is 13.9. The highest BCUT2D eigenvalue weighted by molar-refractivity contribution is 7.92. The molecule has 0 radical (unpaired) electrons. The number of hydrogen-bond acceptors (Lipinski definition) is 8. The topological polar surface area (TPSA) is 117 Å². The van der Waals surface area contributed by atoms with E-state index in [2.05, 4.69) is 20.0 Å². The standard InChI is InChI=1S/C23H23N5O5S/c1-31-19-9-8-18(16-20(19)32-2)23-26-25-21-10-11-22(27-28(21)23)33-14-13-24-34(29,30)15-12-17-6-4-3-5-7-17/h3-12,15-16,24H,13-14H2,1-2H3/b15-12+. The van der Waals surface area contributed by atoms with E-state index >= 15 is 0 Å². The molecule has 4 rings (SSSR count). The van der Waals surface area contributed by atoms with Crippen LogP contribution in [-0.2, 0) is 10.0 Å². The maximum Gasteiger partial charge on any atom is 0.233 e. The molecule has 2 aromatic carbocycles. The van der Waals surface area contributed by atoms with E-state index in [1.165, 1.54) is 6.08 Å². The van der Waals surface area contributed by atoms with Crippen molar-refractivity contribution >= 4 is 21.7 Å². The number of fused-ring (bicyclic) bond motifs is 1. The van der Waals surface area contributed by atoms with Crippen molar-refractivity contribution in [2.24, 2.45) is 0 Å². The predicted molar refractivity (Wildman–Crippen MR) is 127 cm³/mol. The van der Waals surface area contributed by atoms with Gasteiger partial charge < -0.3 is 14.2 Å². The predicted octanol–water partition coefficient (Wildman–Crippen LogP) is 2.78. The van der Waals surface area contributed by atoms with Crippen molar-refractivity contribution in [2.75, 3.05) is 27.4 Å². The summed E-state index contributed by atoms with van der Waals surface area (Å²) in [6, 6.07) is 17.9. The second-order valence-corrected chi connectivity index (χ2v) is 8.69. The van der Waals surface area contributed by atoms with Gasteiger partial charge in [0.05, 0.1) is 14.2 Å². The molecule has 34 heavy (non-hydrogen) atoms. The molecule has 10 nitrogen and oxygen atoms in total. The Morgan fingerprint density at radius 3 is 2.53 bits per heavy atom. The summed E-state index contributed by atoms with van der Waals surface area (Å²) in [4.78, 5) is 0. The summed E-state index contributed by atoms with van der Waals surface area (Å²) in [7, 11) is -0.474. The van der Waals surface area contributed by atoms with Gasteiger partial charge in [0.25, 0.3) is 0 Å². The van der Waals surface area contributed by atoms with Crippen molar-refractivity contribution in [1.82, 2.24) is 24.5 Å². The first kappa shape index (κ1) is 23.2. The molecule has 176 valence electrons. The highest BCUT2D eigenvalue weighted by Gasteiger charge is 2.14. The molecule has 2 aromatic heterocycles. The van der Waals surface area contributed by atoms with Crippen molar-refractivity contribution < 1.29 is 22.6 Å². The first-order valence-corrected chi connectivity index (χ1v) is 11.8. The molecule has 1 N–H and O–H groups in total. The van der Waals surface area contributed by atoms with Gasteiger partial charge in [0.1, 0.15) is 6.61 Å². The van der Waals surface area contributed by atoms with Crippen molar-refractivity contribution in [3.05, 3.63) is 71.6 Å². The lowest BCUT2D eigenvalue weighted by atomic mass is 10.2. The molecule has 0 unspecified atom stereocenters. The Bertz CT molecular complexity index is 1400. The van der Waals surface area contributed by atoms with Gasteiger partial charge in [0.15, 0.2) is 23.0 Å². The number of sulfonamides is 1. The Balaban J connectivity index is 1.41. The van der Waals surface area contributed by atoms with E-state index in [4.69, 9.17) is 14.2 Å². The molecule has 0 aliphatic carbocycles. The molecule has 0 aliphatic heterocycles. The molecule has 11 heteroatoms. The van der Waals surface area contributed by atoms with E-state index in [9.17, 15) is 8.42 Å². The van der Waals surface area contributed by atoms with Crippen LogP contribution in [0.1, 0.15) is 5.56 Å². The summed E-state index contributed by atoms with van der Waals surface area (Å²) < 4.78 is 44.6. The lowest BCUT2D eigenvalue weighted by Crippen LogP contribution is -2.26. The summed E-state index contributed by atoms with van der Waals surface area (Å²) >= 11 is 0. The van der Waals surface area contributed by atoms with E-state index in [0.29, 0.717) is 28.9 Å². The Morgan fingerprint density at radius 1 is 0.971 bits per heavy atom. The Labute approximate surface area is 196 Å². The Morgan fingerprint density at radius 2 is 1.76 bits per heavy atom. The summed E-state index contributed by atoms with van der Waals surface area (Å²) in [6.45, 7) is 0.163. The van der Waals surface area contributed by atoms with Crippen LogP contribution in [0.3, 0.4) is 0 Å². The van der Waals surface area contributed by atoms with Crippen LogP contribution < -0.4 is 18.9 Å². The van der Waals surface area contributed by atoms with Gasteiger partial charge in [-0.25, -0.2) is 13.1 Å². The first-order valence-electron chi connectivity index (χ1n) is 10.3. The normalized spacial score (nSPS) is 11.7. The molecule has 0 spiro atoms. The maximum atomic E-state index is 12.1. The van der Waals surface area contributed by atoms with Crippen molar-refractivity contribution in [2.45, 2.75) is 0 Å². The van der Waals surface area contributed by atoms with Gasteiger partial charge in [0, 0.05) is 23.6 Å². The van der Waals surface area contributed by atoms with E-state index in [0.717, 1.165) is 16.5 Å². The van der Waals surface area contributed by atoms with Gasteiger partial charge in [-0.15, -0.1) is 15.3 Å². The van der Waals surface area contributed by atoms with Crippen LogP contribution >= 0.6 is 0 Å². The number of methoxy groups -OCH3 is 2. The van der Waals surface area contributed by atoms with Crippen LogP contribution in [0.25, 0.3) is 23.1 Å². The third kappa shape index (κ3) is 5.50. The average Bonchev–Trinajstić information content (AvgIpc) is 3.29. The summed E-state index contributed by atoms with van der Waals surface area (Å²) in [5.41, 5.74) is 2.05. The molecular weight excluding hydrogens is 458 g/mol. The van der Waals surface area contributed by atoms with Crippen LogP contribution in [0.5, 0.6) is 17.4 Å². The molecule has 4 aromatic rings. The Kier molecular flexibility index (Phi) is 7.04. The van der Waals surface area contributed by atoms with Crippen LogP contribution in [0.2, 0.25) is 0 Å². The maximum absolute atomic E-state index is 12.1. The minimum absolute atomic E-state index is 0.0753. The summed E-state index contributed by atoms with van der Waals surface area (Å²) in [5.74, 6) is 1.94. The minimum Gasteiger partial charge on any atom is -0.493 e. The molecule has 2 heterocycles. The molecule has 0 saturated heterocycles. The van der Waals surface area contributed by atoms with Crippen LogP contribution in [0, 0.1) is 0 Å². The lowest BCUT2D eigenvalue weighted by molar-refractivity contribution is 0.306. The van der Waals surface area contributed by atoms with Gasteiger partial charge in [0.2, 0.25) is 15.9 Å². The largest absolute Gasteiger partial charge is 0.493 e. The molecule has 0 saturated carbocycles. The van der Waals surface area contributed by atoms with Gasteiger partial charge in [-0.1, -0.05) is 30.3 Å². The van der Waals surface area contributed by atoms with Gasteiger partial charge in [-0.2, -0.15) is 4.52 Å². The van der Waals surface area contributed by atoms with Gasteiger partial charge in [-0.3, -0.25) is 0 Å². The zero-order valence-electron chi connectivity index (χ0n) is 18.6. The number of benzene rings is 2. The van der Waals surface area contributed by atoms with Crippen molar-refractivity contribution in [1.29, 1.82) is 0 Å². The number of rotatable bonds is 10. The number of nitrogens with one attached hydrogen (secondary N) is 1. The molecule has 0 atom stereocenters. The number of nitrogens with zero attached hydrogens (tertiary/aromatic N) is 4. The second kappa shape index (κ2) is 10.3. The number of ether oxygens (including phenoxy) is 3. The molecule has 0 amide bonds. The zero-order chi connectivity index (χ0) is 24.0. The molecule has 0 bridgehead atoms. The van der Waals surface area contributed by atoms with Crippen molar-refractivity contribution in [3.63, 3.8) is 0 Å². The van der Waals surface area contributed by atoms with Gasteiger partial charge in [-0.05, 0) is 35.9 Å². The van der Waals surface area contributed by atoms with E-state index in [1.54, 1.807) is 43.0 Å². The fraction of sp³-hybridized carbons (Fsp3) is 0.174. The number of hydrogen-bond donors (Lipinski definition) is 1. The fourth-order valence-electron chi connectivity index (χ4n) is 3.12. The zero-order valence-corrected chi connectivity index (χ0v) is 19.4. The Hall–Kier alpha value is -3.96. The molecule has 0 aliphatic rings. The lowest BCUT2D eigenvalue weighted by Gasteiger charge is -2.09. The van der Waals surface area contributed by atoms with E-state index in [1.807, 2.05) is 36.4 Å².